The van der Waals surface area contributed by atoms with Crippen LogP contribution in [0.5, 0.6) is 0 Å². The topological polar surface area (TPSA) is 41.8 Å². The van der Waals surface area contributed by atoms with Crippen LogP contribution in [0, 0.1) is 0 Å². The van der Waals surface area contributed by atoms with Crippen LogP contribution in [0.3, 0.4) is 0 Å². The maximum absolute atomic E-state index is 4.85. The quantitative estimate of drug-likeness (QED) is 0.830. The Morgan fingerprint density at radius 3 is 2.73 bits per heavy atom. The number of nitrogens with one attached hydrogen (secondary N) is 1. The molecule has 3 nitrogen and oxygen atoms in total. The van der Waals surface area contributed by atoms with Gasteiger partial charge >= 0.3 is 0 Å². The molecule has 0 aliphatic carbocycles. The molecule has 2 aromatic rings. The zero-order valence-corrected chi connectivity index (χ0v) is 9.10. The van der Waals surface area contributed by atoms with E-state index >= 15 is 0 Å². The van der Waals surface area contributed by atoms with Gasteiger partial charge in [0.2, 0.25) is 0 Å². The smallest absolute Gasteiger partial charge is 0.127 e. The van der Waals surface area contributed by atoms with E-state index in [2.05, 4.69) is 36.3 Å². The summed E-state index contributed by atoms with van der Waals surface area (Å²) < 4.78 is 4.85. The third-order valence-electron chi connectivity index (χ3n) is 2.92. The lowest BCUT2D eigenvalue weighted by Crippen LogP contribution is -1.99. The van der Waals surface area contributed by atoms with Crippen molar-refractivity contribution >= 4 is 0 Å². The van der Waals surface area contributed by atoms with Crippen LogP contribution in [0.1, 0.15) is 43.2 Å². The number of aromatic amines is 1. The Hall–Kier alpha value is -1.51. The number of nitrogens with zero attached hydrogens (tertiary/aromatic N) is 1. The summed E-state index contributed by atoms with van der Waals surface area (Å²) in [5.74, 6) is 1.04. The highest BCUT2D eigenvalue weighted by atomic mass is 16.5. The molecule has 0 aromatic carbocycles. The van der Waals surface area contributed by atoms with E-state index in [-0.39, 0.29) is 0 Å². The molecule has 0 fully saturated rings. The second-order valence-electron chi connectivity index (χ2n) is 4.14. The predicted octanol–water partition coefficient (Wildman–Crippen LogP) is 3.30. The Kier molecular flexibility index (Phi) is 2.90. The average Bonchev–Trinajstić information content (AvgIpc) is 2.91. The third-order valence-corrected chi connectivity index (χ3v) is 2.92. The molecule has 0 saturated heterocycles. The Morgan fingerprint density at radius 2 is 2.13 bits per heavy atom. The van der Waals surface area contributed by atoms with Crippen molar-refractivity contribution in [2.24, 2.45) is 0 Å². The van der Waals surface area contributed by atoms with Crippen LogP contribution in [0.15, 0.2) is 35.4 Å². The molecule has 0 spiro atoms. The average molecular weight is 204 g/mol. The lowest BCUT2D eigenvalue weighted by atomic mass is 9.90. The lowest BCUT2D eigenvalue weighted by Gasteiger charge is -2.14. The normalized spacial score (nSPS) is 15.1. The molecule has 1 N–H and O–H groups in total. The molecule has 3 heteroatoms. The van der Waals surface area contributed by atoms with Crippen molar-refractivity contribution < 1.29 is 4.52 Å². The van der Waals surface area contributed by atoms with E-state index in [1.165, 1.54) is 11.1 Å². The van der Waals surface area contributed by atoms with E-state index in [4.69, 9.17) is 4.52 Å². The monoisotopic (exact) mass is 204 g/mol. The summed E-state index contributed by atoms with van der Waals surface area (Å²) >= 11 is 0. The maximum atomic E-state index is 4.85. The fourth-order valence-electron chi connectivity index (χ4n) is 1.90. The minimum Gasteiger partial charge on any atom is -0.367 e. The van der Waals surface area contributed by atoms with Gasteiger partial charge in [-0.2, -0.15) is 0 Å². The molecular formula is C12H16N2O. The Balaban J connectivity index is 1.98. The fourth-order valence-corrected chi connectivity index (χ4v) is 1.90. The van der Waals surface area contributed by atoms with E-state index in [1.54, 1.807) is 12.5 Å². The number of hydrogen-bond acceptors (Lipinski definition) is 2. The highest BCUT2D eigenvalue weighted by Crippen LogP contribution is 2.28. The largest absolute Gasteiger partial charge is 0.367 e. The molecule has 0 aliphatic rings. The van der Waals surface area contributed by atoms with Crippen molar-refractivity contribution in [3.63, 3.8) is 0 Å². The van der Waals surface area contributed by atoms with Gasteiger partial charge in [0.15, 0.2) is 0 Å². The molecule has 2 unspecified atom stereocenters. The van der Waals surface area contributed by atoms with Crippen molar-refractivity contribution in [3.8, 4) is 0 Å². The predicted molar refractivity (Wildman–Crippen MR) is 58.7 cm³/mol. The number of hydrogen-bond donors (Lipinski definition) is 1. The Bertz CT molecular complexity index is 339. The molecule has 0 amide bonds. The molecule has 0 saturated carbocycles. The van der Waals surface area contributed by atoms with Gasteiger partial charge in [-0.05, 0) is 29.9 Å². The molecular weight excluding hydrogens is 188 g/mol. The summed E-state index contributed by atoms with van der Waals surface area (Å²) in [4.78, 5) is 3.09. The van der Waals surface area contributed by atoms with E-state index in [0.29, 0.717) is 11.8 Å². The van der Waals surface area contributed by atoms with Gasteiger partial charge in [0.1, 0.15) is 6.26 Å². The molecule has 0 radical (unpaired) electrons. The van der Waals surface area contributed by atoms with E-state index in [0.717, 1.165) is 6.42 Å². The van der Waals surface area contributed by atoms with Crippen molar-refractivity contribution in [3.05, 3.63) is 42.0 Å². The summed E-state index contributed by atoms with van der Waals surface area (Å²) in [5, 5.41) is 3.73. The summed E-state index contributed by atoms with van der Waals surface area (Å²) in [6.45, 7) is 4.45. The van der Waals surface area contributed by atoms with Gasteiger partial charge in [-0.3, -0.25) is 0 Å². The molecule has 0 bridgehead atoms. The van der Waals surface area contributed by atoms with E-state index < -0.39 is 0 Å². The minimum atomic E-state index is 0.487. The molecule has 2 aromatic heterocycles. The van der Waals surface area contributed by atoms with Gasteiger partial charge in [0, 0.05) is 18.0 Å². The van der Waals surface area contributed by atoms with Gasteiger partial charge in [-0.25, -0.2) is 0 Å². The Morgan fingerprint density at radius 1 is 1.33 bits per heavy atom. The fraction of sp³-hybridized carbons (Fsp3) is 0.417. The van der Waals surface area contributed by atoms with Gasteiger partial charge in [0.05, 0.1) is 6.20 Å². The second-order valence-corrected chi connectivity index (χ2v) is 4.14. The van der Waals surface area contributed by atoms with Crippen molar-refractivity contribution in [1.29, 1.82) is 0 Å². The number of rotatable bonds is 4. The first-order chi connectivity index (χ1) is 7.27. The molecule has 2 heterocycles. The molecule has 2 atom stereocenters. The van der Waals surface area contributed by atoms with Gasteiger partial charge < -0.3 is 9.51 Å². The van der Waals surface area contributed by atoms with Crippen LogP contribution in [-0.2, 0) is 0 Å². The van der Waals surface area contributed by atoms with E-state index in [9.17, 15) is 0 Å². The second kappa shape index (κ2) is 4.34. The van der Waals surface area contributed by atoms with Crippen LogP contribution < -0.4 is 0 Å². The van der Waals surface area contributed by atoms with Crippen molar-refractivity contribution in [1.82, 2.24) is 10.1 Å². The van der Waals surface area contributed by atoms with Gasteiger partial charge in [-0.1, -0.05) is 19.0 Å². The third kappa shape index (κ3) is 2.29. The Labute approximate surface area is 89.5 Å². The summed E-state index contributed by atoms with van der Waals surface area (Å²) in [6.07, 6.45) is 8.67. The zero-order chi connectivity index (χ0) is 10.7. The van der Waals surface area contributed by atoms with Crippen molar-refractivity contribution in [2.45, 2.75) is 32.1 Å². The van der Waals surface area contributed by atoms with Crippen LogP contribution in [0.25, 0.3) is 0 Å². The standard InChI is InChI=1S/C12H16N2O/c1-9(11-3-4-13-6-11)5-10(2)12-7-14-15-8-12/h3-4,6-10,13H,5H2,1-2H3. The first-order valence-electron chi connectivity index (χ1n) is 5.29. The van der Waals surface area contributed by atoms with Crippen LogP contribution >= 0.6 is 0 Å². The van der Waals surface area contributed by atoms with Gasteiger partial charge in [-0.15, -0.1) is 0 Å². The number of H-pyrrole nitrogens is 1. The molecule has 15 heavy (non-hydrogen) atoms. The van der Waals surface area contributed by atoms with Crippen LogP contribution in [0.4, 0.5) is 0 Å². The lowest BCUT2D eigenvalue weighted by molar-refractivity contribution is 0.417. The van der Waals surface area contributed by atoms with Crippen LogP contribution in [0.2, 0.25) is 0 Å². The summed E-state index contributed by atoms with van der Waals surface area (Å²) in [7, 11) is 0. The molecule has 2 rings (SSSR count). The SMILES string of the molecule is CC(CC(C)c1cnoc1)c1cc[nH]c1. The van der Waals surface area contributed by atoms with Crippen molar-refractivity contribution in [2.75, 3.05) is 0 Å². The summed E-state index contributed by atoms with van der Waals surface area (Å²) in [6, 6.07) is 2.13. The van der Waals surface area contributed by atoms with E-state index in [1.807, 2.05) is 6.20 Å². The highest BCUT2D eigenvalue weighted by Gasteiger charge is 2.13. The zero-order valence-electron chi connectivity index (χ0n) is 9.10. The first kappa shape index (κ1) is 10.0. The minimum absolute atomic E-state index is 0.487. The summed E-state index contributed by atoms with van der Waals surface area (Å²) in [5.41, 5.74) is 2.54. The molecule has 0 aliphatic heterocycles. The molecule has 80 valence electrons. The maximum Gasteiger partial charge on any atom is 0.127 e. The first-order valence-corrected chi connectivity index (χ1v) is 5.29. The highest BCUT2D eigenvalue weighted by molar-refractivity contribution is 5.16. The van der Waals surface area contributed by atoms with Gasteiger partial charge in [0.25, 0.3) is 0 Å². The number of aromatic nitrogens is 2. The van der Waals surface area contributed by atoms with Crippen LogP contribution in [-0.4, -0.2) is 10.1 Å².